The number of nitrogens with one attached hydrogen (secondary N) is 1. The molecule has 27 heavy (non-hydrogen) atoms. The summed E-state index contributed by atoms with van der Waals surface area (Å²) in [7, 11) is 0. The van der Waals surface area contributed by atoms with Crippen molar-refractivity contribution < 1.29 is 4.79 Å². The van der Waals surface area contributed by atoms with Gasteiger partial charge in [-0.15, -0.1) is 10.2 Å². The molecule has 1 fully saturated rings. The number of hydrogen-bond acceptors (Lipinski definition) is 5. The molecule has 0 aliphatic heterocycles. The van der Waals surface area contributed by atoms with Gasteiger partial charge in [0.15, 0.2) is 0 Å². The Kier molecular flexibility index (Phi) is 5.18. The summed E-state index contributed by atoms with van der Waals surface area (Å²) in [5, 5.41) is 16.1. The van der Waals surface area contributed by atoms with E-state index in [1.165, 1.54) is 0 Å². The van der Waals surface area contributed by atoms with Gasteiger partial charge in [0.1, 0.15) is 0 Å². The third-order valence-electron chi connectivity index (χ3n) is 4.92. The lowest BCUT2D eigenvalue weighted by atomic mass is 9.91. The standard InChI is InChI=1S/C20H22N6O/c27-19(14-17-8-4-5-13-21-17)22-16-9-11-18(12-10-16)26-24-20(23-25-26)15-6-2-1-3-7-15/h1-8,13,16,18H,9-12,14H2,(H,22,27). The maximum absolute atomic E-state index is 12.2. The van der Waals surface area contributed by atoms with Crippen LogP contribution in [0, 0.1) is 0 Å². The fraction of sp³-hybridized carbons (Fsp3) is 0.350. The molecule has 0 spiro atoms. The Morgan fingerprint density at radius 2 is 1.81 bits per heavy atom. The van der Waals surface area contributed by atoms with Gasteiger partial charge in [0.05, 0.1) is 12.5 Å². The summed E-state index contributed by atoms with van der Waals surface area (Å²) < 4.78 is 0. The van der Waals surface area contributed by atoms with Crippen LogP contribution in [0.3, 0.4) is 0 Å². The number of benzene rings is 1. The van der Waals surface area contributed by atoms with Crippen molar-refractivity contribution in [1.29, 1.82) is 0 Å². The van der Waals surface area contributed by atoms with Crippen LogP contribution in [0.5, 0.6) is 0 Å². The van der Waals surface area contributed by atoms with Crippen LogP contribution >= 0.6 is 0 Å². The highest BCUT2D eigenvalue weighted by molar-refractivity contribution is 5.78. The molecule has 1 aliphatic carbocycles. The van der Waals surface area contributed by atoms with E-state index in [4.69, 9.17) is 0 Å². The monoisotopic (exact) mass is 362 g/mol. The van der Waals surface area contributed by atoms with Crippen LogP contribution in [0.1, 0.15) is 37.4 Å². The molecule has 1 amide bonds. The van der Waals surface area contributed by atoms with Gasteiger partial charge in [-0.05, 0) is 43.0 Å². The highest BCUT2D eigenvalue weighted by Gasteiger charge is 2.25. The van der Waals surface area contributed by atoms with E-state index in [-0.39, 0.29) is 18.0 Å². The molecule has 1 saturated carbocycles. The number of carbonyl (C=O) groups is 1. The maximum Gasteiger partial charge on any atom is 0.226 e. The zero-order valence-electron chi connectivity index (χ0n) is 15.0. The van der Waals surface area contributed by atoms with Gasteiger partial charge in [0.25, 0.3) is 0 Å². The molecule has 7 nitrogen and oxygen atoms in total. The Balaban J connectivity index is 1.29. The second-order valence-electron chi connectivity index (χ2n) is 6.87. The third kappa shape index (κ3) is 4.36. The van der Waals surface area contributed by atoms with E-state index >= 15 is 0 Å². The Morgan fingerprint density at radius 3 is 2.56 bits per heavy atom. The van der Waals surface area contributed by atoms with E-state index in [0.29, 0.717) is 12.2 Å². The van der Waals surface area contributed by atoms with Gasteiger partial charge in [-0.1, -0.05) is 36.4 Å². The van der Waals surface area contributed by atoms with Crippen molar-refractivity contribution in [3.05, 3.63) is 60.4 Å². The van der Waals surface area contributed by atoms with Crippen LogP contribution in [-0.4, -0.2) is 37.1 Å². The van der Waals surface area contributed by atoms with Gasteiger partial charge < -0.3 is 5.32 Å². The molecular weight excluding hydrogens is 340 g/mol. The van der Waals surface area contributed by atoms with Gasteiger partial charge >= 0.3 is 0 Å². The lowest BCUT2D eigenvalue weighted by Gasteiger charge is -2.28. The minimum Gasteiger partial charge on any atom is -0.353 e. The fourth-order valence-electron chi connectivity index (χ4n) is 3.48. The number of pyridine rings is 1. The molecule has 0 unspecified atom stereocenters. The molecule has 4 rings (SSSR count). The molecule has 7 heteroatoms. The zero-order valence-corrected chi connectivity index (χ0v) is 15.0. The van der Waals surface area contributed by atoms with Crippen molar-refractivity contribution in [3.63, 3.8) is 0 Å². The van der Waals surface area contributed by atoms with Crippen LogP contribution < -0.4 is 5.32 Å². The number of hydrogen-bond donors (Lipinski definition) is 1. The molecule has 138 valence electrons. The minimum atomic E-state index is 0.0300. The van der Waals surface area contributed by atoms with E-state index in [1.54, 1.807) is 11.0 Å². The smallest absolute Gasteiger partial charge is 0.226 e. The molecule has 3 aromatic rings. The van der Waals surface area contributed by atoms with Crippen LogP contribution in [0.25, 0.3) is 11.4 Å². The molecule has 0 atom stereocenters. The van der Waals surface area contributed by atoms with Crippen molar-refractivity contribution in [1.82, 2.24) is 30.5 Å². The summed E-state index contributed by atoms with van der Waals surface area (Å²) in [6.45, 7) is 0. The van der Waals surface area contributed by atoms with Crippen molar-refractivity contribution in [2.45, 2.75) is 44.2 Å². The summed E-state index contributed by atoms with van der Waals surface area (Å²) >= 11 is 0. The third-order valence-corrected chi connectivity index (χ3v) is 4.92. The SMILES string of the molecule is O=C(Cc1ccccn1)NC1CCC(n2nnc(-c3ccccc3)n2)CC1. The zero-order chi connectivity index (χ0) is 18.5. The Labute approximate surface area is 157 Å². The molecular formula is C20H22N6O. The number of carbonyl (C=O) groups excluding carboxylic acids is 1. The quantitative estimate of drug-likeness (QED) is 0.754. The topological polar surface area (TPSA) is 85.6 Å². The number of tetrazole rings is 1. The van der Waals surface area contributed by atoms with E-state index < -0.39 is 0 Å². The van der Waals surface area contributed by atoms with Gasteiger partial charge in [0, 0.05) is 23.5 Å². The van der Waals surface area contributed by atoms with Crippen molar-refractivity contribution in [3.8, 4) is 11.4 Å². The summed E-state index contributed by atoms with van der Waals surface area (Å²) in [5.74, 6) is 0.684. The molecule has 2 heterocycles. The maximum atomic E-state index is 12.2. The molecule has 0 saturated heterocycles. The van der Waals surface area contributed by atoms with Gasteiger partial charge in [-0.2, -0.15) is 4.80 Å². The second kappa shape index (κ2) is 8.07. The van der Waals surface area contributed by atoms with Crippen LogP contribution in [0.4, 0.5) is 0 Å². The number of rotatable bonds is 5. The van der Waals surface area contributed by atoms with Gasteiger partial charge in [0.2, 0.25) is 11.7 Å². The van der Waals surface area contributed by atoms with Crippen LogP contribution in [0.2, 0.25) is 0 Å². The van der Waals surface area contributed by atoms with E-state index in [0.717, 1.165) is 36.9 Å². The lowest BCUT2D eigenvalue weighted by molar-refractivity contribution is -0.121. The Bertz CT molecular complexity index is 872. The fourth-order valence-corrected chi connectivity index (χ4v) is 3.48. The summed E-state index contributed by atoms with van der Waals surface area (Å²) in [6, 6.07) is 15.9. The summed E-state index contributed by atoms with van der Waals surface area (Å²) in [6.07, 6.45) is 5.73. The van der Waals surface area contributed by atoms with Gasteiger partial charge in [-0.3, -0.25) is 9.78 Å². The van der Waals surface area contributed by atoms with Crippen LogP contribution in [-0.2, 0) is 11.2 Å². The predicted molar refractivity (Wildman–Crippen MR) is 101 cm³/mol. The molecule has 2 aromatic heterocycles. The molecule has 1 aliphatic rings. The molecule has 1 aromatic carbocycles. The van der Waals surface area contributed by atoms with Crippen molar-refractivity contribution in [2.24, 2.45) is 0 Å². The van der Waals surface area contributed by atoms with E-state index in [9.17, 15) is 4.79 Å². The summed E-state index contributed by atoms with van der Waals surface area (Å²) in [5.41, 5.74) is 1.77. The number of aromatic nitrogens is 5. The number of amides is 1. The first-order valence-corrected chi connectivity index (χ1v) is 9.32. The summed E-state index contributed by atoms with van der Waals surface area (Å²) in [4.78, 5) is 18.1. The molecule has 0 radical (unpaired) electrons. The highest BCUT2D eigenvalue weighted by atomic mass is 16.1. The Morgan fingerprint density at radius 1 is 1.04 bits per heavy atom. The Hall–Kier alpha value is -3.09. The van der Waals surface area contributed by atoms with Gasteiger partial charge in [-0.25, -0.2) is 0 Å². The lowest BCUT2D eigenvalue weighted by Crippen LogP contribution is -2.39. The van der Waals surface area contributed by atoms with Crippen molar-refractivity contribution in [2.75, 3.05) is 0 Å². The second-order valence-corrected chi connectivity index (χ2v) is 6.87. The normalized spacial score (nSPS) is 19.6. The first-order valence-electron chi connectivity index (χ1n) is 9.32. The first kappa shape index (κ1) is 17.3. The van der Waals surface area contributed by atoms with E-state index in [2.05, 4.69) is 25.7 Å². The van der Waals surface area contributed by atoms with Crippen molar-refractivity contribution >= 4 is 5.91 Å². The largest absolute Gasteiger partial charge is 0.353 e. The molecule has 1 N–H and O–H groups in total. The first-order chi connectivity index (χ1) is 13.3. The van der Waals surface area contributed by atoms with Crippen LogP contribution in [0.15, 0.2) is 54.7 Å². The predicted octanol–water partition coefficient (Wildman–Crippen LogP) is 2.58. The minimum absolute atomic E-state index is 0.0300. The van der Waals surface area contributed by atoms with E-state index in [1.807, 2.05) is 48.5 Å². The number of nitrogens with zero attached hydrogens (tertiary/aromatic N) is 5. The average molecular weight is 362 g/mol. The highest BCUT2D eigenvalue weighted by Crippen LogP contribution is 2.27. The molecule has 0 bridgehead atoms. The average Bonchev–Trinajstić information content (AvgIpc) is 3.20.